The summed E-state index contributed by atoms with van der Waals surface area (Å²) in [7, 11) is 0. The largest absolute Gasteiger partial charge is 0.325 e. The first-order valence-electron chi connectivity index (χ1n) is 9.29. The topological polar surface area (TPSA) is 62.3 Å². The number of anilines is 2. The number of hydrogen-bond donors (Lipinski definition) is 1. The van der Waals surface area contributed by atoms with Gasteiger partial charge in [-0.15, -0.1) is 0 Å². The third-order valence-corrected chi connectivity index (χ3v) is 5.68. The van der Waals surface area contributed by atoms with Crippen LogP contribution in [0, 0.1) is 6.92 Å². The number of benzene rings is 2. The molecule has 0 saturated carbocycles. The highest BCUT2D eigenvalue weighted by Crippen LogP contribution is 2.26. The molecule has 1 aliphatic heterocycles. The molecule has 4 rings (SSSR count). The zero-order valence-electron chi connectivity index (χ0n) is 15.6. The Morgan fingerprint density at radius 3 is 2.86 bits per heavy atom. The summed E-state index contributed by atoms with van der Waals surface area (Å²) in [5, 5.41) is 4.88. The van der Waals surface area contributed by atoms with E-state index in [0.29, 0.717) is 12.1 Å². The first kappa shape index (κ1) is 18.5. The van der Waals surface area contributed by atoms with E-state index in [1.54, 1.807) is 4.90 Å². The van der Waals surface area contributed by atoms with Gasteiger partial charge in [-0.25, -0.2) is 4.98 Å². The van der Waals surface area contributed by atoms with Crippen LogP contribution >= 0.6 is 11.8 Å². The Morgan fingerprint density at radius 1 is 1.18 bits per heavy atom. The molecule has 28 heavy (non-hydrogen) atoms. The predicted molar refractivity (Wildman–Crippen MR) is 114 cm³/mol. The quantitative estimate of drug-likeness (QED) is 0.655. The summed E-state index contributed by atoms with van der Waals surface area (Å²) in [5.41, 5.74) is 3.62. The molecule has 0 atom stereocenters. The average Bonchev–Trinajstić information content (AvgIpc) is 3.13. The number of fused-ring (bicyclic) bond motifs is 1. The van der Waals surface area contributed by atoms with E-state index in [1.165, 1.54) is 11.8 Å². The summed E-state index contributed by atoms with van der Waals surface area (Å²) in [6.45, 7) is 2.79. The van der Waals surface area contributed by atoms with Crippen molar-refractivity contribution in [2.45, 2.75) is 24.8 Å². The number of carbonyl (C=O) groups is 2. The van der Waals surface area contributed by atoms with Crippen molar-refractivity contribution in [2.75, 3.05) is 22.5 Å². The predicted octanol–water partition coefficient (Wildman–Crippen LogP) is 4.40. The molecule has 2 aromatic carbocycles. The van der Waals surface area contributed by atoms with Crippen LogP contribution in [0.2, 0.25) is 0 Å². The van der Waals surface area contributed by atoms with Crippen LogP contribution in [0.1, 0.15) is 18.4 Å². The number of aryl methyl sites for hydroxylation is 1. The van der Waals surface area contributed by atoms with Gasteiger partial charge >= 0.3 is 0 Å². The molecule has 0 unspecified atom stereocenters. The fraction of sp³-hybridized carbons (Fsp3) is 0.227. The maximum absolute atomic E-state index is 12.4. The number of thioether (sulfide) groups is 1. The molecular weight excluding hydrogens is 370 g/mol. The third kappa shape index (κ3) is 4.02. The van der Waals surface area contributed by atoms with Crippen LogP contribution in [0.4, 0.5) is 11.4 Å². The minimum Gasteiger partial charge on any atom is -0.325 e. The van der Waals surface area contributed by atoms with Crippen molar-refractivity contribution in [3.63, 3.8) is 0 Å². The second kappa shape index (κ2) is 8.02. The molecule has 3 aromatic rings. The van der Waals surface area contributed by atoms with E-state index in [-0.39, 0.29) is 17.6 Å². The lowest BCUT2D eigenvalue weighted by atomic mass is 10.1. The zero-order chi connectivity index (χ0) is 19.5. The molecular formula is C22H21N3O2S. The highest BCUT2D eigenvalue weighted by atomic mass is 32.2. The standard InChI is InChI=1S/C22H21N3O2S/c1-15-12-21(24-19-9-3-2-8-18(15)19)28-14-20(26)23-16-6-4-7-17(13-16)25-11-5-10-22(25)27/h2-4,6-9,12-13H,5,10-11,14H2,1H3,(H,23,26). The van der Waals surface area contributed by atoms with Gasteiger partial charge in [-0.2, -0.15) is 0 Å². The summed E-state index contributed by atoms with van der Waals surface area (Å²) >= 11 is 1.42. The van der Waals surface area contributed by atoms with Crippen LogP contribution in [0.15, 0.2) is 59.6 Å². The Labute approximate surface area is 168 Å². The van der Waals surface area contributed by atoms with Gasteiger partial charge < -0.3 is 10.2 Å². The van der Waals surface area contributed by atoms with Crippen molar-refractivity contribution in [3.8, 4) is 0 Å². The number of nitrogens with zero attached hydrogens (tertiary/aromatic N) is 2. The molecule has 0 bridgehead atoms. The summed E-state index contributed by atoms with van der Waals surface area (Å²) in [6.07, 6.45) is 1.47. The molecule has 1 saturated heterocycles. The molecule has 0 aliphatic carbocycles. The Morgan fingerprint density at radius 2 is 2.04 bits per heavy atom. The Kier molecular flexibility index (Phi) is 5.30. The maximum atomic E-state index is 12.4. The van der Waals surface area contributed by atoms with E-state index in [0.717, 1.165) is 40.1 Å². The van der Waals surface area contributed by atoms with Gasteiger partial charge in [0.1, 0.15) is 0 Å². The normalized spacial score (nSPS) is 13.9. The van der Waals surface area contributed by atoms with Crippen LogP contribution in [0.3, 0.4) is 0 Å². The van der Waals surface area contributed by atoms with Gasteiger partial charge in [-0.3, -0.25) is 9.59 Å². The van der Waals surface area contributed by atoms with E-state index in [9.17, 15) is 9.59 Å². The van der Waals surface area contributed by atoms with Crippen molar-refractivity contribution in [1.82, 2.24) is 4.98 Å². The molecule has 0 radical (unpaired) electrons. The molecule has 2 amide bonds. The first-order valence-corrected chi connectivity index (χ1v) is 10.3. The molecule has 142 valence electrons. The number of nitrogens with one attached hydrogen (secondary N) is 1. The van der Waals surface area contributed by atoms with Crippen LogP contribution in [0.25, 0.3) is 10.9 Å². The van der Waals surface area contributed by atoms with Crippen molar-refractivity contribution in [2.24, 2.45) is 0 Å². The number of pyridine rings is 1. The summed E-state index contributed by atoms with van der Waals surface area (Å²) in [6, 6.07) is 17.5. The van der Waals surface area contributed by atoms with Gasteiger partial charge in [0, 0.05) is 29.7 Å². The third-order valence-electron chi connectivity index (χ3n) is 4.77. The number of rotatable bonds is 5. The number of carbonyl (C=O) groups excluding carboxylic acids is 2. The fourth-order valence-electron chi connectivity index (χ4n) is 3.40. The summed E-state index contributed by atoms with van der Waals surface area (Å²) in [5.74, 6) is 0.316. The number of para-hydroxylation sites is 1. The van der Waals surface area contributed by atoms with Gasteiger partial charge in [0.15, 0.2) is 0 Å². The molecule has 6 heteroatoms. The van der Waals surface area contributed by atoms with Crippen LogP contribution < -0.4 is 10.2 Å². The Hall–Kier alpha value is -2.86. The van der Waals surface area contributed by atoms with Crippen molar-refractivity contribution in [1.29, 1.82) is 0 Å². The second-order valence-electron chi connectivity index (χ2n) is 6.83. The molecule has 1 aliphatic rings. The lowest BCUT2D eigenvalue weighted by molar-refractivity contribution is -0.117. The SMILES string of the molecule is Cc1cc(SCC(=O)Nc2cccc(N3CCCC3=O)c2)nc2ccccc12. The average molecular weight is 391 g/mol. The van der Waals surface area contributed by atoms with E-state index in [4.69, 9.17) is 0 Å². The zero-order valence-corrected chi connectivity index (χ0v) is 16.5. The van der Waals surface area contributed by atoms with E-state index in [2.05, 4.69) is 23.3 Å². The van der Waals surface area contributed by atoms with Gasteiger partial charge in [0.2, 0.25) is 11.8 Å². The highest BCUT2D eigenvalue weighted by molar-refractivity contribution is 7.99. The van der Waals surface area contributed by atoms with Crippen LogP contribution in [0.5, 0.6) is 0 Å². The fourth-order valence-corrected chi connectivity index (χ4v) is 4.18. The minimum atomic E-state index is -0.0949. The molecule has 2 heterocycles. The van der Waals surface area contributed by atoms with Gasteiger partial charge in [0.05, 0.1) is 16.3 Å². The van der Waals surface area contributed by atoms with Gasteiger partial charge in [-0.05, 0) is 49.2 Å². The number of amides is 2. The minimum absolute atomic E-state index is 0.0949. The lowest BCUT2D eigenvalue weighted by Crippen LogP contribution is -2.23. The molecule has 1 aromatic heterocycles. The Balaban J connectivity index is 1.40. The smallest absolute Gasteiger partial charge is 0.234 e. The highest BCUT2D eigenvalue weighted by Gasteiger charge is 2.21. The molecule has 0 spiro atoms. The lowest BCUT2D eigenvalue weighted by Gasteiger charge is -2.16. The second-order valence-corrected chi connectivity index (χ2v) is 7.83. The monoisotopic (exact) mass is 391 g/mol. The van der Waals surface area contributed by atoms with Crippen LogP contribution in [-0.4, -0.2) is 29.1 Å². The van der Waals surface area contributed by atoms with E-state index < -0.39 is 0 Å². The van der Waals surface area contributed by atoms with Crippen molar-refractivity contribution < 1.29 is 9.59 Å². The Bertz CT molecular complexity index is 1050. The summed E-state index contributed by atoms with van der Waals surface area (Å²) in [4.78, 5) is 30.7. The maximum Gasteiger partial charge on any atom is 0.234 e. The molecule has 5 nitrogen and oxygen atoms in total. The number of aromatic nitrogens is 1. The van der Waals surface area contributed by atoms with E-state index >= 15 is 0 Å². The first-order chi connectivity index (χ1) is 13.6. The van der Waals surface area contributed by atoms with Crippen LogP contribution in [-0.2, 0) is 9.59 Å². The van der Waals surface area contributed by atoms with Crippen molar-refractivity contribution in [3.05, 3.63) is 60.2 Å². The van der Waals surface area contributed by atoms with Crippen molar-refractivity contribution >= 4 is 45.9 Å². The van der Waals surface area contributed by atoms with Gasteiger partial charge in [0.25, 0.3) is 0 Å². The number of hydrogen-bond acceptors (Lipinski definition) is 4. The van der Waals surface area contributed by atoms with Gasteiger partial charge in [-0.1, -0.05) is 36.0 Å². The van der Waals surface area contributed by atoms with E-state index in [1.807, 2.05) is 48.5 Å². The summed E-state index contributed by atoms with van der Waals surface area (Å²) < 4.78 is 0. The molecule has 1 fully saturated rings. The molecule has 1 N–H and O–H groups in total.